The van der Waals surface area contributed by atoms with E-state index in [-0.39, 0.29) is 5.91 Å². The molecule has 0 saturated heterocycles. The molecule has 1 aliphatic carbocycles. The Balaban J connectivity index is 1.74. The summed E-state index contributed by atoms with van der Waals surface area (Å²) in [6, 6.07) is 12.3. The van der Waals surface area contributed by atoms with Gasteiger partial charge in [-0.2, -0.15) is 0 Å². The molecule has 1 heterocycles. The van der Waals surface area contributed by atoms with Gasteiger partial charge in [-0.05, 0) is 55.0 Å². The average molecular weight is 349 g/mol. The van der Waals surface area contributed by atoms with Crippen molar-refractivity contribution in [1.29, 1.82) is 0 Å². The van der Waals surface area contributed by atoms with Crippen LogP contribution in [0.25, 0.3) is 11.0 Å². The number of nitrogens with one attached hydrogen (secondary N) is 1. The molecule has 0 spiro atoms. The first-order valence-corrected chi connectivity index (χ1v) is 8.70. The Labute approximate surface area is 150 Å². The zero-order chi connectivity index (χ0) is 18.1. The van der Waals surface area contributed by atoms with E-state index in [1.54, 1.807) is 18.2 Å². The van der Waals surface area contributed by atoms with E-state index in [1.165, 1.54) is 30.7 Å². The molecule has 1 amide bonds. The number of methoxy groups -OCH3 is 1. The summed E-state index contributed by atoms with van der Waals surface area (Å²) in [7, 11) is 1.54. The highest BCUT2D eigenvalue weighted by Crippen LogP contribution is 2.29. The van der Waals surface area contributed by atoms with Gasteiger partial charge in [-0.3, -0.25) is 4.79 Å². The number of rotatable bonds is 3. The second-order valence-corrected chi connectivity index (χ2v) is 6.45. The number of ether oxygens (including phenoxy) is 1. The number of hydrogen-bond acceptors (Lipinski definition) is 4. The van der Waals surface area contributed by atoms with Gasteiger partial charge >= 0.3 is 5.63 Å². The molecule has 2 aromatic carbocycles. The minimum absolute atomic E-state index is 0.298. The van der Waals surface area contributed by atoms with Gasteiger partial charge in [0, 0.05) is 23.2 Å². The molecule has 5 heteroatoms. The van der Waals surface area contributed by atoms with Crippen molar-refractivity contribution in [3.63, 3.8) is 0 Å². The van der Waals surface area contributed by atoms with Gasteiger partial charge in [0.15, 0.2) is 0 Å². The zero-order valence-corrected chi connectivity index (χ0v) is 14.5. The number of fused-ring (bicyclic) bond motifs is 2. The first-order valence-electron chi connectivity index (χ1n) is 8.70. The van der Waals surface area contributed by atoms with Crippen LogP contribution in [0.15, 0.2) is 51.7 Å². The molecule has 0 unspecified atom stereocenters. The Kier molecular flexibility index (Phi) is 4.21. The summed E-state index contributed by atoms with van der Waals surface area (Å²) in [4.78, 5) is 24.8. The van der Waals surface area contributed by atoms with Gasteiger partial charge in [0.05, 0.1) is 12.7 Å². The third-order valence-corrected chi connectivity index (χ3v) is 4.84. The third kappa shape index (κ3) is 2.96. The predicted octanol–water partition coefficient (Wildman–Crippen LogP) is 3.93. The Morgan fingerprint density at radius 2 is 1.96 bits per heavy atom. The van der Waals surface area contributed by atoms with Crippen LogP contribution in [-0.4, -0.2) is 13.0 Å². The van der Waals surface area contributed by atoms with Crippen molar-refractivity contribution in [2.24, 2.45) is 0 Å². The maximum Gasteiger partial charge on any atom is 0.337 e. The van der Waals surface area contributed by atoms with Crippen molar-refractivity contribution >= 4 is 22.6 Å². The summed E-state index contributed by atoms with van der Waals surface area (Å²) in [6.07, 6.45) is 4.30. The molecule has 3 aromatic rings. The Morgan fingerprint density at radius 1 is 1.12 bits per heavy atom. The largest absolute Gasteiger partial charge is 0.497 e. The molecule has 0 saturated carbocycles. The van der Waals surface area contributed by atoms with Crippen LogP contribution in [0.4, 0.5) is 5.69 Å². The van der Waals surface area contributed by atoms with Gasteiger partial charge in [0.2, 0.25) is 0 Å². The van der Waals surface area contributed by atoms with Gasteiger partial charge in [0.1, 0.15) is 11.3 Å². The van der Waals surface area contributed by atoms with E-state index in [0.717, 1.165) is 24.9 Å². The van der Waals surface area contributed by atoms with Gasteiger partial charge in [0.25, 0.3) is 5.91 Å². The number of carbonyl (C=O) groups is 1. The normalized spacial score (nSPS) is 13.3. The first kappa shape index (κ1) is 16.4. The van der Waals surface area contributed by atoms with Crippen LogP contribution in [0.2, 0.25) is 0 Å². The highest BCUT2D eigenvalue weighted by atomic mass is 16.5. The van der Waals surface area contributed by atoms with E-state index >= 15 is 0 Å². The minimum atomic E-state index is -0.564. The number of amides is 1. The first-order chi connectivity index (χ1) is 12.7. The standard InChI is InChI=1S/C21H19NO4/c1-25-14-9-10-16-17(12-20(23)26-19(16)11-14)21(24)22-18-8-4-6-13-5-2-3-7-15(13)18/h4,6,8-12H,2-3,5,7H2,1H3,(H,22,24). The molecule has 4 rings (SSSR count). The molecule has 1 N–H and O–H groups in total. The highest BCUT2D eigenvalue weighted by molar-refractivity contribution is 6.12. The molecular formula is C21H19NO4. The SMILES string of the molecule is COc1ccc2c(C(=O)Nc3cccc4c3CCCC4)cc(=O)oc2c1. The second kappa shape index (κ2) is 6.67. The van der Waals surface area contributed by atoms with E-state index in [4.69, 9.17) is 9.15 Å². The summed E-state index contributed by atoms with van der Waals surface area (Å²) < 4.78 is 10.4. The molecule has 0 aliphatic heterocycles. The van der Waals surface area contributed by atoms with Crippen molar-refractivity contribution in [3.05, 3.63) is 69.6 Å². The number of carbonyl (C=O) groups excluding carboxylic acids is 1. The van der Waals surface area contributed by atoms with Crippen LogP contribution in [0.1, 0.15) is 34.3 Å². The summed E-state index contributed by atoms with van der Waals surface area (Å²) in [6.45, 7) is 0. The van der Waals surface area contributed by atoms with Crippen LogP contribution < -0.4 is 15.7 Å². The molecule has 1 aliphatic rings. The molecule has 0 radical (unpaired) electrons. The fraction of sp³-hybridized carbons (Fsp3) is 0.238. The summed E-state index contributed by atoms with van der Waals surface area (Å²) in [5.74, 6) is 0.252. The zero-order valence-electron chi connectivity index (χ0n) is 14.5. The van der Waals surface area contributed by atoms with Crippen molar-refractivity contribution < 1.29 is 13.9 Å². The van der Waals surface area contributed by atoms with E-state index < -0.39 is 5.63 Å². The number of benzene rings is 2. The monoisotopic (exact) mass is 349 g/mol. The smallest absolute Gasteiger partial charge is 0.337 e. The fourth-order valence-electron chi connectivity index (χ4n) is 3.55. The molecule has 26 heavy (non-hydrogen) atoms. The number of anilines is 1. The summed E-state index contributed by atoms with van der Waals surface area (Å²) in [5, 5.41) is 3.56. The molecule has 0 fully saturated rings. The lowest BCUT2D eigenvalue weighted by Gasteiger charge is -2.19. The van der Waals surface area contributed by atoms with Crippen molar-refractivity contribution in [3.8, 4) is 5.75 Å². The lowest BCUT2D eigenvalue weighted by molar-refractivity contribution is 0.102. The fourth-order valence-corrected chi connectivity index (χ4v) is 3.55. The van der Waals surface area contributed by atoms with Gasteiger partial charge < -0.3 is 14.5 Å². The maximum atomic E-state index is 12.9. The quantitative estimate of drug-likeness (QED) is 0.728. The molecule has 1 aromatic heterocycles. The van der Waals surface area contributed by atoms with E-state index in [9.17, 15) is 9.59 Å². The van der Waals surface area contributed by atoms with Gasteiger partial charge in [-0.1, -0.05) is 12.1 Å². The van der Waals surface area contributed by atoms with E-state index in [1.807, 2.05) is 12.1 Å². The Hall–Kier alpha value is -3.08. The van der Waals surface area contributed by atoms with Crippen LogP contribution in [0, 0.1) is 0 Å². The minimum Gasteiger partial charge on any atom is -0.497 e. The highest BCUT2D eigenvalue weighted by Gasteiger charge is 2.18. The van der Waals surface area contributed by atoms with Crippen molar-refractivity contribution in [1.82, 2.24) is 0 Å². The summed E-state index contributed by atoms with van der Waals surface area (Å²) in [5.41, 5.74) is 3.37. The lowest BCUT2D eigenvalue weighted by Crippen LogP contribution is -2.17. The van der Waals surface area contributed by atoms with Crippen LogP contribution >= 0.6 is 0 Å². The van der Waals surface area contributed by atoms with Crippen molar-refractivity contribution in [2.75, 3.05) is 12.4 Å². The molecule has 132 valence electrons. The van der Waals surface area contributed by atoms with Crippen LogP contribution in [0.5, 0.6) is 5.75 Å². The van der Waals surface area contributed by atoms with Crippen molar-refractivity contribution in [2.45, 2.75) is 25.7 Å². The predicted molar refractivity (Wildman–Crippen MR) is 100 cm³/mol. The van der Waals surface area contributed by atoms with Gasteiger partial charge in [-0.25, -0.2) is 4.79 Å². The molecular weight excluding hydrogens is 330 g/mol. The molecule has 5 nitrogen and oxygen atoms in total. The molecule has 0 atom stereocenters. The maximum absolute atomic E-state index is 12.9. The van der Waals surface area contributed by atoms with E-state index in [2.05, 4.69) is 11.4 Å². The lowest BCUT2D eigenvalue weighted by atomic mass is 9.90. The number of aryl methyl sites for hydroxylation is 1. The van der Waals surface area contributed by atoms with Crippen LogP contribution in [0.3, 0.4) is 0 Å². The molecule has 0 bridgehead atoms. The average Bonchev–Trinajstić information content (AvgIpc) is 2.67. The topological polar surface area (TPSA) is 68.5 Å². The third-order valence-electron chi connectivity index (χ3n) is 4.84. The Morgan fingerprint density at radius 3 is 2.81 bits per heavy atom. The van der Waals surface area contributed by atoms with Crippen LogP contribution in [-0.2, 0) is 12.8 Å². The second-order valence-electron chi connectivity index (χ2n) is 6.45. The number of hydrogen-bond donors (Lipinski definition) is 1. The van der Waals surface area contributed by atoms with Gasteiger partial charge in [-0.15, -0.1) is 0 Å². The Bertz CT molecular complexity index is 1050. The van der Waals surface area contributed by atoms with E-state index in [0.29, 0.717) is 22.3 Å². The summed E-state index contributed by atoms with van der Waals surface area (Å²) >= 11 is 0.